The number of aromatic nitrogens is 3. The summed E-state index contributed by atoms with van der Waals surface area (Å²) in [5, 5.41) is 2.83. The second kappa shape index (κ2) is 8.19. The lowest BCUT2D eigenvalue weighted by Crippen LogP contribution is -2.17. The zero-order chi connectivity index (χ0) is 22.0. The van der Waals surface area contributed by atoms with Crippen LogP contribution in [-0.2, 0) is 16.4 Å². The molecule has 0 spiro atoms. The highest BCUT2D eigenvalue weighted by Gasteiger charge is 2.19. The molecular formula is C22H21N5O3S. The number of hydrogen-bond acceptors (Lipinski definition) is 5. The highest BCUT2D eigenvalue weighted by Crippen LogP contribution is 2.20. The maximum absolute atomic E-state index is 13.0. The summed E-state index contributed by atoms with van der Waals surface area (Å²) in [5.41, 5.74) is 3.36. The van der Waals surface area contributed by atoms with Gasteiger partial charge in [0.1, 0.15) is 17.2 Å². The number of amides is 1. The molecule has 0 saturated heterocycles. The van der Waals surface area contributed by atoms with Gasteiger partial charge in [0.2, 0.25) is 0 Å². The van der Waals surface area contributed by atoms with E-state index in [1.807, 2.05) is 32.2 Å². The molecule has 0 radical (unpaired) electrons. The van der Waals surface area contributed by atoms with Gasteiger partial charge in [0.15, 0.2) is 0 Å². The third-order valence-corrected chi connectivity index (χ3v) is 6.09. The number of pyridine rings is 2. The molecule has 0 aliphatic carbocycles. The van der Waals surface area contributed by atoms with Crippen LogP contribution in [0.15, 0.2) is 71.9 Å². The molecule has 0 aliphatic heterocycles. The number of sulfonamides is 1. The molecule has 158 valence electrons. The van der Waals surface area contributed by atoms with Crippen LogP contribution in [0, 0.1) is 6.92 Å². The van der Waals surface area contributed by atoms with Crippen molar-refractivity contribution < 1.29 is 13.2 Å². The molecule has 1 amide bonds. The topological polar surface area (TPSA) is 105 Å². The third-order valence-electron chi connectivity index (χ3n) is 4.71. The molecule has 8 nitrogen and oxygen atoms in total. The van der Waals surface area contributed by atoms with Gasteiger partial charge in [0.25, 0.3) is 15.9 Å². The van der Waals surface area contributed by atoms with E-state index in [9.17, 15) is 13.2 Å². The van der Waals surface area contributed by atoms with E-state index in [0.29, 0.717) is 29.1 Å². The standard InChI is InChI=1S/C22H21N5O3S/c1-3-18-21(27-14-15(2)7-12-20(27)25-18)22(28)24-16-8-10-17(11-9-16)31(29,30)26-19-6-4-5-13-23-19/h4-14H,3H2,1-2H3,(H,23,26)(H,24,28). The minimum atomic E-state index is -3.79. The fraction of sp³-hybridized carbons (Fsp3) is 0.136. The quantitative estimate of drug-likeness (QED) is 0.481. The van der Waals surface area contributed by atoms with E-state index in [0.717, 1.165) is 5.56 Å². The highest BCUT2D eigenvalue weighted by molar-refractivity contribution is 7.92. The van der Waals surface area contributed by atoms with Crippen LogP contribution in [0.3, 0.4) is 0 Å². The Morgan fingerprint density at radius 2 is 1.84 bits per heavy atom. The monoisotopic (exact) mass is 435 g/mol. The number of benzene rings is 1. The zero-order valence-electron chi connectivity index (χ0n) is 17.0. The number of rotatable bonds is 6. The van der Waals surface area contributed by atoms with E-state index in [4.69, 9.17) is 0 Å². The number of carbonyl (C=O) groups excluding carboxylic acids is 1. The van der Waals surface area contributed by atoms with Crippen LogP contribution in [0.1, 0.15) is 28.7 Å². The number of anilines is 2. The lowest BCUT2D eigenvalue weighted by atomic mass is 10.2. The van der Waals surface area contributed by atoms with Crippen LogP contribution in [-0.4, -0.2) is 28.7 Å². The molecule has 3 aromatic heterocycles. The Balaban J connectivity index is 1.56. The molecule has 31 heavy (non-hydrogen) atoms. The number of imidazole rings is 1. The lowest BCUT2D eigenvalue weighted by Gasteiger charge is -2.09. The van der Waals surface area contributed by atoms with Gasteiger partial charge in [-0.1, -0.05) is 19.1 Å². The first-order valence-electron chi connectivity index (χ1n) is 9.70. The van der Waals surface area contributed by atoms with E-state index in [1.54, 1.807) is 34.7 Å². The number of aryl methyl sites for hydroxylation is 2. The molecule has 0 bridgehead atoms. The molecule has 2 N–H and O–H groups in total. The molecular weight excluding hydrogens is 414 g/mol. The van der Waals surface area contributed by atoms with Crippen LogP contribution >= 0.6 is 0 Å². The van der Waals surface area contributed by atoms with Crippen molar-refractivity contribution in [2.75, 3.05) is 10.0 Å². The molecule has 9 heteroatoms. The first-order valence-corrected chi connectivity index (χ1v) is 11.2. The van der Waals surface area contributed by atoms with Crippen LogP contribution < -0.4 is 10.0 Å². The molecule has 4 rings (SSSR count). The Labute approximate surface area is 180 Å². The van der Waals surface area contributed by atoms with Gasteiger partial charge in [-0.25, -0.2) is 18.4 Å². The average Bonchev–Trinajstić information content (AvgIpc) is 3.12. The minimum absolute atomic E-state index is 0.0656. The van der Waals surface area contributed by atoms with Crippen molar-refractivity contribution >= 4 is 33.1 Å². The predicted octanol–water partition coefficient (Wildman–Crippen LogP) is 3.65. The summed E-state index contributed by atoms with van der Waals surface area (Å²) in [7, 11) is -3.79. The molecule has 3 heterocycles. The number of nitrogens with zero attached hydrogens (tertiary/aromatic N) is 3. The second-order valence-corrected chi connectivity index (χ2v) is 8.68. The lowest BCUT2D eigenvalue weighted by molar-refractivity contribution is 0.102. The fourth-order valence-electron chi connectivity index (χ4n) is 3.21. The molecule has 0 unspecified atom stereocenters. The van der Waals surface area contributed by atoms with Crippen LogP contribution in [0.2, 0.25) is 0 Å². The maximum Gasteiger partial charge on any atom is 0.274 e. The third kappa shape index (κ3) is 4.26. The first kappa shape index (κ1) is 20.5. The van der Waals surface area contributed by atoms with Gasteiger partial charge in [-0.3, -0.25) is 13.9 Å². The first-order chi connectivity index (χ1) is 14.9. The smallest absolute Gasteiger partial charge is 0.274 e. The Kier molecular flexibility index (Phi) is 5.43. The largest absolute Gasteiger partial charge is 0.321 e. The Morgan fingerprint density at radius 3 is 2.52 bits per heavy atom. The van der Waals surface area contributed by atoms with Gasteiger partial charge in [0, 0.05) is 18.1 Å². The van der Waals surface area contributed by atoms with Crippen LogP contribution in [0.25, 0.3) is 5.65 Å². The van der Waals surface area contributed by atoms with E-state index in [2.05, 4.69) is 20.0 Å². The predicted molar refractivity (Wildman–Crippen MR) is 119 cm³/mol. The summed E-state index contributed by atoms with van der Waals surface area (Å²) in [6, 6.07) is 14.7. The normalized spacial score (nSPS) is 11.4. The average molecular weight is 436 g/mol. The number of hydrogen-bond donors (Lipinski definition) is 2. The van der Waals surface area contributed by atoms with Gasteiger partial charge in [0.05, 0.1) is 10.6 Å². The Hall–Kier alpha value is -3.72. The van der Waals surface area contributed by atoms with Crippen molar-refractivity contribution in [2.45, 2.75) is 25.2 Å². The summed E-state index contributed by atoms with van der Waals surface area (Å²) in [6.45, 7) is 3.89. The summed E-state index contributed by atoms with van der Waals surface area (Å²) in [6.07, 6.45) is 3.98. The van der Waals surface area contributed by atoms with Crippen molar-refractivity contribution in [3.05, 3.63) is 83.9 Å². The molecule has 0 atom stereocenters. The molecule has 0 fully saturated rings. The molecule has 4 aromatic rings. The van der Waals surface area contributed by atoms with Crippen molar-refractivity contribution in [3.63, 3.8) is 0 Å². The zero-order valence-corrected chi connectivity index (χ0v) is 17.8. The van der Waals surface area contributed by atoms with Crippen LogP contribution in [0.4, 0.5) is 11.5 Å². The van der Waals surface area contributed by atoms with Crippen LogP contribution in [0.5, 0.6) is 0 Å². The van der Waals surface area contributed by atoms with Crippen molar-refractivity contribution in [2.24, 2.45) is 0 Å². The number of nitrogens with one attached hydrogen (secondary N) is 2. The molecule has 1 aromatic carbocycles. The van der Waals surface area contributed by atoms with Gasteiger partial charge in [-0.2, -0.15) is 0 Å². The molecule has 0 aliphatic rings. The maximum atomic E-state index is 13.0. The summed E-state index contributed by atoms with van der Waals surface area (Å²) in [5.74, 6) is -0.0768. The van der Waals surface area contributed by atoms with Gasteiger partial charge in [-0.15, -0.1) is 0 Å². The van der Waals surface area contributed by atoms with E-state index < -0.39 is 10.0 Å². The van der Waals surface area contributed by atoms with Crippen molar-refractivity contribution in [3.8, 4) is 0 Å². The minimum Gasteiger partial charge on any atom is -0.321 e. The van der Waals surface area contributed by atoms with E-state index in [-0.39, 0.29) is 16.6 Å². The van der Waals surface area contributed by atoms with Gasteiger partial charge < -0.3 is 5.32 Å². The van der Waals surface area contributed by atoms with Crippen molar-refractivity contribution in [1.29, 1.82) is 0 Å². The SMILES string of the molecule is CCc1nc2ccc(C)cn2c1C(=O)Nc1ccc(S(=O)(=O)Nc2ccccn2)cc1. The summed E-state index contributed by atoms with van der Waals surface area (Å²) in [4.78, 5) is 21.6. The Bertz CT molecular complexity index is 1350. The molecule has 0 saturated carbocycles. The summed E-state index contributed by atoms with van der Waals surface area (Å²) >= 11 is 0. The van der Waals surface area contributed by atoms with E-state index in [1.165, 1.54) is 18.3 Å². The fourth-order valence-corrected chi connectivity index (χ4v) is 4.22. The van der Waals surface area contributed by atoms with Gasteiger partial charge in [-0.05, 0) is 61.4 Å². The van der Waals surface area contributed by atoms with Gasteiger partial charge >= 0.3 is 0 Å². The van der Waals surface area contributed by atoms with Crippen molar-refractivity contribution in [1.82, 2.24) is 14.4 Å². The Morgan fingerprint density at radius 1 is 1.06 bits per heavy atom. The summed E-state index contributed by atoms with van der Waals surface area (Å²) < 4.78 is 29.3. The van der Waals surface area contributed by atoms with E-state index >= 15 is 0 Å². The number of fused-ring (bicyclic) bond motifs is 1. The second-order valence-electron chi connectivity index (χ2n) is 6.99. The highest BCUT2D eigenvalue weighted by atomic mass is 32.2. The number of carbonyl (C=O) groups is 1.